The van der Waals surface area contributed by atoms with Crippen LogP contribution in [-0.4, -0.2) is 31.7 Å². The number of hydrogen-bond acceptors (Lipinski definition) is 2. The van der Waals surface area contributed by atoms with Crippen molar-refractivity contribution in [2.45, 2.75) is 26.5 Å². The molecule has 344 valence electrons. The van der Waals surface area contributed by atoms with Gasteiger partial charge in [0.15, 0.2) is 0 Å². The maximum absolute atomic E-state index is 2.68. The monoisotopic (exact) mass is 984 g/mol. The smallest absolute Gasteiger partial charge is 0.249 e. The van der Waals surface area contributed by atoms with Crippen molar-refractivity contribution in [2.24, 2.45) is 0 Å². The van der Waals surface area contributed by atoms with Gasteiger partial charge in [-0.2, -0.15) is 0 Å². The molecule has 15 aromatic rings. The van der Waals surface area contributed by atoms with Gasteiger partial charge in [-0.05, 0) is 95.0 Å². The maximum atomic E-state index is 2.68. The zero-order valence-electron chi connectivity index (χ0n) is 40.5. The van der Waals surface area contributed by atoms with E-state index in [1.54, 1.807) is 0 Å². The van der Waals surface area contributed by atoms with Gasteiger partial charge in [-0.15, -0.1) is 0 Å². The Morgan fingerprint density at radius 3 is 1.00 bits per heavy atom. The predicted octanol–water partition coefficient (Wildman–Crippen LogP) is 13.0. The second-order valence-electron chi connectivity index (χ2n) is 21.1. The van der Waals surface area contributed by atoms with Crippen LogP contribution in [0.25, 0.3) is 110 Å². The van der Waals surface area contributed by atoms with Crippen LogP contribution in [0.2, 0.25) is 0 Å². The molecule has 0 amide bonds. The summed E-state index contributed by atoms with van der Waals surface area (Å²) in [5.74, 6) is 0. The molecule has 0 N–H and O–H groups in total. The van der Waals surface area contributed by atoms with Crippen molar-refractivity contribution in [3.05, 3.63) is 218 Å². The minimum Gasteiger partial charge on any atom is -0.310 e. The summed E-state index contributed by atoms with van der Waals surface area (Å²) in [5, 5.41) is 10.3. The summed E-state index contributed by atoms with van der Waals surface area (Å²) in [6.07, 6.45) is 0. The second kappa shape index (κ2) is 14.0. The Morgan fingerprint density at radius 2 is 0.627 bits per heavy atom. The van der Waals surface area contributed by atoms with Crippen LogP contribution >= 0.6 is 23.5 Å². The first kappa shape index (κ1) is 39.9. The molecule has 8 heteroatoms. The minimum atomic E-state index is 0.0392. The summed E-state index contributed by atoms with van der Waals surface area (Å²) in [4.78, 5) is 5.43. The Hall–Kier alpha value is -8.55. The highest BCUT2D eigenvalue weighted by atomic mass is 32.2. The van der Waals surface area contributed by atoms with E-state index in [2.05, 4.69) is 238 Å². The van der Waals surface area contributed by atoms with Gasteiger partial charge in [0.1, 0.15) is 0 Å². The summed E-state index contributed by atoms with van der Waals surface area (Å²) in [6, 6.07) is 80.7. The van der Waals surface area contributed by atoms with E-state index in [-0.39, 0.29) is 13.4 Å². The van der Waals surface area contributed by atoms with Crippen LogP contribution < -0.4 is 32.8 Å². The number of rotatable bonds is 2. The lowest BCUT2D eigenvalue weighted by Gasteiger charge is -2.38. The zero-order valence-corrected chi connectivity index (χ0v) is 42.1. The Morgan fingerprint density at radius 1 is 0.307 bits per heavy atom. The molecule has 4 aliphatic heterocycles. The Balaban J connectivity index is 0.912. The molecule has 11 aromatic carbocycles. The molecule has 0 aliphatic carbocycles. The van der Waals surface area contributed by atoms with Gasteiger partial charge in [0.2, 0.25) is 13.4 Å². The number of nitrogens with zero attached hydrogens (tertiary/aromatic N) is 4. The highest BCUT2D eigenvalue weighted by Gasteiger charge is 2.45. The maximum Gasteiger partial charge on any atom is 0.249 e. The van der Waals surface area contributed by atoms with Gasteiger partial charge in [0, 0.05) is 96.5 Å². The van der Waals surface area contributed by atoms with Crippen molar-refractivity contribution >= 4 is 157 Å². The molecule has 75 heavy (non-hydrogen) atoms. The highest BCUT2D eigenvalue weighted by molar-refractivity contribution is 8.01. The van der Waals surface area contributed by atoms with Gasteiger partial charge in [0.25, 0.3) is 0 Å². The molecule has 0 atom stereocenters. The van der Waals surface area contributed by atoms with Gasteiger partial charge in [-0.25, -0.2) is 0 Å². The Bertz CT molecular complexity index is 4760. The first-order valence-electron chi connectivity index (χ1n) is 26.1. The first-order chi connectivity index (χ1) is 37.2. The fourth-order valence-electron chi connectivity index (χ4n) is 14.7. The average Bonchev–Trinajstić information content (AvgIpc) is 4.27. The topological polar surface area (TPSA) is 19.7 Å². The number of fused-ring (bicyclic) bond motifs is 20. The largest absolute Gasteiger partial charge is 0.310 e. The van der Waals surface area contributed by atoms with Crippen molar-refractivity contribution in [3.8, 4) is 22.7 Å². The molecule has 0 saturated carbocycles. The van der Waals surface area contributed by atoms with Crippen LogP contribution in [-0.2, 0) is 0 Å². The highest BCUT2D eigenvalue weighted by Crippen LogP contribution is 2.47. The molecule has 4 nitrogen and oxygen atoms in total. The van der Waals surface area contributed by atoms with E-state index >= 15 is 0 Å². The Kier molecular flexibility index (Phi) is 7.44. The molecule has 0 bridgehead atoms. The zero-order chi connectivity index (χ0) is 48.5. The number of aromatic nitrogens is 4. The third kappa shape index (κ3) is 4.83. The summed E-state index contributed by atoms with van der Waals surface area (Å²) in [7, 11) is 0. The van der Waals surface area contributed by atoms with Crippen molar-refractivity contribution in [1.29, 1.82) is 0 Å². The standard InChI is InChI=1S/C67H38B2N4S2/c1-37-66-50(68-48-24-14-22-46-44-20-6-12-30-56(44)72(64(46)48)58-32-38(34-60(74-66)62(58)68)70-52-26-8-2-16-40(52)41-17-3-9-27-53(41)70)36-51-67(37)75-61-35-39(71-54-28-10-4-18-42(54)43-19-5-11-29-55(43)71)33-59-63(61)69(51)49-25-15-23-47-45-21-7-13-31-57(45)73(59)65(47)49/h2-36H,1H3. The molecular formula is C67H38B2N4S2. The van der Waals surface area contributed by atoms with Crippen LogP contribution in [0.3, 0.4) is 0 Å². The van der Waals surface area contributed by atoms with E-state index in [0.717, 1.165) is 0 Å². The van der Waals surface area contributed by atoms with Crippen LogP contribution in [0.1, 0.15) is 5.56 Å². The van der Waals surface area contributed by atoms with E-state index < -0.39 is 0 Å². The fourth-order valence-corrected chi connectivity index (χ4v) is 17.4. The van der Waals surface area contributed by atoms with Gasteiger partial charge < -0.3 is 18.3 Å². The fraction of sp³-hybridized carbons (Fsp3) is 0.0149. The lowest BCUT2D eigenvalue weighted by molar-refractivity contribution is 1.11. The van der Waals surface area contributed by atoms with Crippen molar-refractivity contribution in [2.75, 3.05) is 0 Å². The molecule has 4 aliphatic rings. The van der Waals surface area contributed by atoms with E-state index in [4.69, 9.17) is 0 Å². The van der Waals surface area contributed by atoms with Crippen molar-refractivity contribution in [1.82, 2.24) is 18.3 Å². The lowest BCUT2D eigenvalue weighted by atomic mass is 9.32. The Labute approximate surface area is 439 Å². The second-order valence-corrected chi connectivity index (χ2v) is 23.2. The van der Waals surface area contributed by atoms with Crippen molar-refractivity contribution in [3.63, 3.8) is 0 Å². The van der Waals surface area contributed by atoms with Crippen LogP contribution in [0.15, 0.2) is 232 Å². The molecule has 0 saturated heterocycles. The van der Waals surface area contributed by atoms with Gasteiger partial charge >= 0.3 is 0 Å². The molecule has 0 unspecified atom stereocenters. The SMILES string of the molecule is Cc1c2c(cc3c1Sc1cc(-n4c5ccccc5c5ccccc54)cc4c1B3c1cccc3c5ccccc5n-4c13)B1c3c(cc(-n4c5ccccc5c5ccccc54)cc3-n3c4ccccc4c4cccc1c43)S2. The molecule has 4 aromatic heterocycles. The van der Waals surface area contributed by atoms with E-state index in [1.165, 1.54) is 168 Å². The third-order valence-corrected chi connectivity index (χ3v) is 20.2. The van der Waals surface area contributed by atoms with Gasteiger partial charge in [-0.3, -0.25) is 0 Å². The molecule has 8 heterocycles. The summed E-state index contributed by atoms with van der Waals surface area (Å²) < 4.78 is 10.2. The average molecular weight is 985 g/mol. The first-order valence-corrected chi connectivity index (χ1v) is 27.7. The van der Waals surface area contributed by atoms with Crippen LogP contribution in [0.5, 0.6) is 0 Å². The summed E-state index contributed by atoms with van der Waals surface area (Å²) >= 11 is 3.98. The van der Waals surface area contributed by atoms with E-state index in [9.17, 15) is 0 Å². The summed E-state index contributed by atoms with van der Waals surface area (Å²) in [5.41, 5.74) is 24.8. The molecule has 0 spiro atoms. The van der Waals surface area contributed by atoms with Gasteiger partial charge in [-0.1, -0.05) is 186 Å². The summed E-state index contributed by atoms with van der Waals surface area (Å²) in [6.45, 7) is 2.51. The molecule has 0 radical (unpaired) electrons. The molecule has 19 rings (SSSR count). The van der Waals surface area contributed by atoms with E-state index in [0.29, 0.717) is 0 Å². The quantitative estimate of drug-likeness (QED) is 0.161. The number of hydrogen-bond donors (Lipinski definition) is 0. The molecule has 0 fully saturated rings. The lowest BCUT2D eigenvalue weighted by Crippen LogP contribution is -2.63. The third-order valence-electron chi connectivity index (χ3n) is 17.6. The van der Waals surface area contributed by atoms with Crippen LogP contribution in [0.4, 0.5) is 0 Å². The minimum absolute atomic E-state index is 0.0392. The number of benzene rings is 11. The van der Waals surface area contributed by atoms with Crippen molar-refractivity contribution < 1.29 is 0 Å². The predicted molar refractivity (Wildman–Crippen MR) is 319 cm³/mol. The van der Waals surface area contributed by atoms with Gasteiger partial charge in [0.05, 0.1) is 33.1 Å². The van der Waals surface area contributed by atoms with E-state index in [1.807, 2.05) is 23.5 Å². The van der Waals surface area contributed by atoms with Crippen LogP contribution in [0, 0.1) is 6.92 Å². The number of para-hydroxylation sites is 8. The molecular weight excluding hydrogens is 947 g/mol. The normalized spacial score (nSPS) is 13.8.